The van der Waals surface area contributed by atoms with Gasteiger partial charge in [0.05, 0.1) is 11.6 Å². The van der Waals surface area contributed by atoms with Gasteiger partial charge in [-0.3, -0.25) is 0 Å². The minimum absolute atomic E-state index is 0.738. The van der Waals surface area contributed by atoms with Crippen LogP contribution in [0.25, 0.3) is 10.8 Å². The van der Waals surface area contributed by atoms with Gasteiger partial charge in [0.15, 0.2) is 0 Å². The molecule has 1 aliphatic heterocycles. The first-order valence-corrected chi connectivity index (χ1v) is 7.16. The van der Waals surface area contributed by atoms with Crippen LogP contribution in [0.3, 0.4) is 0 Å². The van der Waals surface area contributed by atoms with E-state index in [1.165, 1.54) is 16.9 Å². The minimum atomic E-state index is 0.738. The molecule has 1 heterocycles. The summed E-state index contributed by atoms with van der Waals surface area (Å²) in [5.74, 6) is 0. The molecule has 0 saturated carbocycles. The lowest BCUT2D eigenvalue weighted by Crippen LogP contribution is -2.13. The number of benzene rings is 3. The Morgan fingerprint density at radius 1 is 0.810 bits per heavy atom. The summed E-state index contributed by atoms with van der Waals surface area (Å²) >= 11 is 0. The highest BCUT2D eigenvalue weighted by molar-refractivity contribution is 5.99. The third kappa shape index (κ3) is 1.79. The van der Waals surface area contributed by atoms with Gasteiger partial charge in [-0.2, -0.15) is 5.26 Å². The average molecular weight is 270 g/mol. The summed E-state index contributed by atoms with van der Waals surface area (Å²) in [4.78, 5) is 2.36. The molecule has 3 aromatic carbocycles. The van der Waals surface area contributed by atoms with Gasteiger partial charge in [0.2, 0.25) is 0 Å². The Hall–Kier alpha value is -2.79. The van der Waals surface area contributed by atoms with Crippen LogP contribution in [0.4, 0.5) is 11.4 Å². The zero-order chi connectivity index (χ0) is 14.2. The Morgan fingerprint density at radius 2 is 1.57 bits per heavy atom. The third-order valence-electron chi connectivity index (χ3n) is 4.20. The van der Waals surface area contributed by atoms with Crippen molar-refractivity contribution in [3.8, 4) is 6.07 Å². The molecule has 0 fully saturated rings. The van der Waals surface area contributed by atoms with Crippen LogP contribution in [0.5, 0.6) is 0 Å². The predicted molar refractivity (Wildman–Crippen MR) is 85.8 cm³/mol. The second kappa shape index (κ2) is 4.64. The molecule has 3 aromatic rings. The zero-order valence-electron chi connectivity index (χ0n) is 11.6. The second-order valence-electron chi connectivity index (χ2n) is 5.32. The molecule has 0 N–H and O–H groups in total. The van der Waals surface area contributed by atoms with Crippen LogP contribution in [-0.4, -0.2) is 6.54 Å². The van der Waals surface area contributed by atoms with Crippen molar-refractivity contribution in [2.75, 3.05) is 11.4 Å². The number of anilines is 2. The lowest BCUT2D eigenvalue weighted by atomic mass is 10.0. The summed E-state index contributed by atoms with van der Waals surface area (Å²) in [7, 11) is 0. The first-order chi connectivity index (χ1) is 10.4. The number of nitriles is 1. The van der Waals surface area contributed by atoms with Crippen molar-refractivity contribution in [3.63, 3.8) is 0 Å². The smallest absolute Gasteiger partial charge is 0.0998 e. The SMILES string of the molecule is N#Cc1ccc(N2CCc3ccccc32)c2ccccc12. The quantitative estimate of drug-likeness (QED) is 0.655. The molecule has 0 amide bonds. The van der Waals surface area contributed by atoms with E-state index in [1.807, 2.05) is 24.3 Å². The van der Waals surface area contributed by atoms with Gasteiger partial charge < -0.3 is 4.90 Å². The fourth-order valence-electron chi connectivity index (χ4n) is 3.20. The maximum absolute atomic E-state index is 9.29. The summed E-state index contributed by atoms with van der Waals surface area (Å²) in [5.41, 5.74) is 4.61. The number of fused-ring (bicyclic) bond motifs is 2. The van der Waals surface area contributed by atoms with Gasteiger partial charge in [0.25, 0.3) is 0 Å². The summed E-state index contributed by atoms with van der Waals surface area (Å²) in [6, 6.07) is 23.0. The monoisotopic (exact) mass is 270 g/mol. The Bertz CT molecular complexity index is 874. The standard InChI is InChI=1S/C19H14N2/c20-13-15-9-10-19(17-7-3-2-6-16(15)17)21-12-11-14-5-1-4-8-18(14)21/h1-10H,11-12H2. The predicted octanol–water partition coefficient (Wildman–Crippen LogP) is 4.41. The van der Waals surface area contributed by atoms with E-state index in [-0.39, 0.29) is 0 Å². The Labute approximate surface area is 123 Å². The summed E-state index contributed by atoms with van der Waals surface area (Å²) in [6.45, 7) is 0.995. The molecular formula is C19H14N2. The molecule has 21 heavy (non-hydrogen) atoms. The molecule has 2 nitrogen and oxygen atoms in total. The van der Waals surface area contributed by atoms with E-state index in [9.17, 15) is 5.26 Å². The van der Waals surface area contributed by atoms with Gasteiger partial charge in [-0.25, -0.2) is 0 Å². The fraction of sp³-hybridized carbons (Fsp3) is 0.105. The third-order valence-corrected chi connectivity index (χ3v) is 4.20. The number of nitrogens with zero attached hydrogens (tertiary/aromatic N) is 2. The molecule has 0 atom stereocenters. The van der Waals surface area contributed by atoms with Gasteiger partial charge in [-0.1, -0.05) is 42.5 Å². The molecule has 0 aromatic heterocycles. The Morgan fingerprint density at radius 3 is 2.43 bits per heavy atom. The molecule has 0 spiro atoms. The second-order valence-corrected chi connectivity index (χ2v) is 5.32. The number of para-hydroxylation sites is 1. The topological polar surface area (TPSA) is 27.0 Å². The largest absolute Gasteiger partial charge is 0.340 e. The molecule has 0 aliphatic carbocycles. The van der Waals surface area contributed by atoms with E-state index in [0.29, 0.717) is 0 Å². The molecule has 0 bridgehead atoms. The molecule has 0 radical (unpaired) electrons. The maximum Gasteiger partial charge on any atom is 0.0998 e. The minimum Gasteiger partial charge on any atom is -0.340 e. The summed E-state index contributed by atoms with van der Waals surface area (Å²) in [5, 5.41) is 11.5. The van der Waals surface area contributed by atoms with E-state index in [4.69, 9.17) is 0 Å². The van der Waals surface area contributed by atoms with E-state index in [1.54, 1.807) is 0 Å². The van der Waals surface area contributed by atoms with Crippen molar-refractivity contribution in [3.05, 3.63) is 71.8 Å². The van der Waals surface area contributed by atoms with Crippen molar-refractivity contribution < 1.29 is 0 Å². The first-order valence-electron chi connectivity index (χ1n) is 7.16. The summed E-state index contributed by atoms with van der Waals surface area (Å²) < 4.78 is 0. The van der Waals surface area contributed by atoms with Gasteiger partial charge in [0.1, 0.15) is 0 Å². The summed E-state index contributed by atoms with van der Waals surface area (Å²) in [6.07, 6.45) is 1.07. The van der Waals surface area contributed by atoms with E-state index < -0.39 is 0 Å². The van der Waals surface area contributed by atoms with Crippen LogP contribution in [-0.2, 0) is 6.42 Å². The van der Waals surface area contributed by atoms with Gasteiger partial charge in [-0.05, 0) is 30.2 Å². The van der Waals surface area contributed by atoms with E-state index >= 15 is 0 Å². The molecule has 2 heteroatoms. The van der Waals surface area contributed by atoms with Crippen molar-refractivity contribution in [1.82, 2.24) is 0 Å². The highest BCUT2D eigenvalue weighted by Crippen LogP contribution is 2.38. The van der Waals surface area contributed by atoms with Crippen molar-refractivity contribution in [2.24, 2.45) is 0 Å². The molecule has 4 rings (SSSR count). The molecular weight excluding hydrogens is 256 g/mol. The lowest BCUT2D eigenvalue weighted by molar-refractivity contribution is 1.00. The van der Waals surface area contributed by atoms with Crippen LogP contribution >= 0.6 is 0 Å². The number of rotatable bonds is 1. The maximum atomic E-state index is 9.29. The Balaban J connectivity index is 1.96. The highest BCUT2D eigenvalue weighted by atomic mass is 15.2. The van der Waals surface area contributed by atoms with E-state index in [0.717, 1.165) is 29.3 Å². The molecule has 0 unspecified atom stereocenters. The first kappa shape index (κ1) is 12.0. The lowest BCUT2D eigenvalue weighted by Gasteiger charge is -2.22. The highest BCUT2D eigenvalue weighted by Gasteiger charge is 2.21. The normalized spacial score (nSPS) is 13.2. The Kier molecular flexibility index (Phi) is 2.65. The molecule has 100 valence electrons. The zero-order valence-corrected chi connectivity index (χ0v) is 11.6. The van der Waals surface area contributed by atoms with Crippen LogP contribution in [0.2, 0.25) is 0 Å². The van der Waals surface area contributed by atoms with Crippen molar-refractivity contribution >= 4 is 22.1 Å². The molecule has 1 aliphatic rings. The number of hydrogen-bond acceptors (Lipinski definition) is 2. The van der Waals surface area contributed by atoms with Crippen LogP contribution in [0.15, 0.2) is 60.7 Å². The van der Waals surface area contributed by atoms with Gasteiger partial charge in [0, 0.05) is 28.7 Å². The van der Waals surface area contributed by atoms with Crippen LogP contribution < -0.4 is 4.90 Å². The fourth-order valence-corrected chi connectivity index (χ4v) is 3.20. The van der Waals surface area contributed by atoms with Crippen LogP contribution in [0, 0.1) is 11.3 Å². The van der Waals surface area contributed by atoms with Crippen molar-refractivity contribution in [2.45, 2.75) is 6.42 Å². The van der Waals surface area contributed by atoms with Crippen molar-refractivity contribution in [1.29, 1.82) is 5.26 Å². The average Bonchev–Trinajstić information content (AvgIpc) is 2.98. The van der Waals surface area contributed by atoms with Gasteiger partial charge in [-0.15, -0.1) is 0 Å². The number of hydrogen-bond donors (Lipinski definition) is 0. The molecule has 0 saturated heterocycles. The van der Waals surface area contributed by atoms with Gasteiger partial charge >= 0.3 is 0 Å². The van der Waals surface area contributed by atoms with E-state index in [2.05, 4.69) is 47.4 Å². The van der Waals surface area contributed by atoms with Crippen LogP contribution in [0.1, 0.15) is 11.1 Å².